The molecule has 16 heavy (non-hydrogen) atoms. The van der Waals surface area contributed by atoms with Crippen molar-refractivity contribution in [2.24, 2.45) is 11.7 Å². The molecule has 1 saturated carbocycles. The minimum absolute atomic E-state index is 0.0148. The first-order valence-corrected chi connectivity index (χ1v) is 5.60. The maximum atomic E-state index is 11.3. The van der Waals surface area contributed by atoms with Crippen LogP contribution in [0, 0.1) is 5.92 Å². The summed E-state index contributed by atoms with van der Waals surface area (Å²) in [6.45, 7) is 1.10. The number of amides is 2. The average Bonchev–Trinajstić information content (AvgIpc) is 2.66. The van der Waals surface area contributed by atoms with Crippen LogP contribution < -0.4 is 16.4 Å². The highest BCUT2D eigenvalue weighted by Gasteiger charge is 2.30. The molecule has 1 rings (SSSR count). The van der Waals surface area contributed by atoms with Gasteiger partial charge in [0.2, 0.25) is 0 Å². The predicted molar refractivity (Wildman–Crippen MR) is 59.0 cm³/mol. The van der Waals surface area contributed by atoms with Crippen LogP contribution in [0.3, 0.4) is 0 Å². The lowest BCUT2D eigenvalue weighted by Gasteiger charge is -2.13. The zero-order chi connectivity index (χ0) is 12.0. The van der Waals surface area contributed by atoms with Crippen LogP contribution in [0.5, 0.6) is 0 Å². The molecule has 2 amide bonds. The number of carboxylic acids is 1. The summed E-state index contributed by atoms with van der Waals surface area (Å²) in [5, 5.41) is 14.2. The van der Waals surface area contributed by atoms with Gasteiger partial charge in [-0.05, 0) is 32.2 Å². The lowest BCUT2D eigenvalue weighted by Crippen LogP contribution is -2.41. The van der Waals surface area contributed by atoms with E-state index in [4.69, 9.17) is 10.8 Å². The van der Waals surface area contributed by atoms with Gasteiger partial charge in [-0.15, -0.1) is 0 Å². The number of carbonyl (C=O) groups is 2. The largest absolute Gasteiger partial charge is 0.481 e. The SMILES string of the molecule is NCCCNC(=O)NC1CCC(C(=O)O)C1. The fraction of sp³-hybridized carbons (Fsp3) is 0.800. The van der Waals surface area contributed by atoms with E-state index >= 15 is 0 Å². The van der Waals surface area contributed by atoms with Gasteiger partial charge < -0.3 is 21.5 Å². The van der Waals surface area contributed by atoms with E-state index in [-0.39, 0.29) is 18.0 Å². The number of urea groups is 1. The summed E-state index contributed by atoms with van der Waals surface area (Å²) in [7, 11) is 0. The van der Waals surface area contributed by atoms with Crippen molar-refractivity contribution in [2.45, 2.75) is 31.7 Å². The summed E-state index contributed by atoms with van der Waals surface area (Å²) in [5.41, 5.74) is 5.29. The Kier molecular flexibility index (Phi) is 5.04. The highest BCUT2D eigenvalue weighted by molar-refractivity contribution is 5.75. The Labute approximate surface area is 94.6 Å². The standard InChI is InChI=1S/C10H19N3O3/c11-4-1-5-12-10(16)13-8-3-2-7(6-8)9(14)15/h7-8H,1-6,11H2,(H,14,15)(H2,12,13,16). The van der Waals surface area contributed by atoms with Gasteiger partial charge in [0.1, 0.15) is 0 Å². The molecule has 0 saturated heterocycles. The molecule has 0 heterocycles. The molecular formula is C10H19N3O3. The van der Waals surface area contributed by atoms with Crippen molar-refractivity contribution in [1.82, 2.24) is 10.6 Å². The molecule has 0 spiro atoms. The van der Waals surface area contributed by atoms with Gasteiger partial charge in [0.05, 0.1) is 5.92 Å². The molecule has 0 aromatic heterocycles. The Morgan fingerprint density at radius 1 is 1.38 bits per heavy atom. The van der Waals surface area contributed by atoms with Crippen molar-refractivity contribution < 1.29 is 14.7 Å². The van der Waals surface area contributed by atoms with Crippen molar-refractivity contribution >= 4 is 12.0 Å². The fourth-order valence-corrected chi connectivity index (χ4v) is 1.88. The van der Waals surface area contributed by atoms with E-state index in [0.717, 1.165) is 12.8 Å². The smallest absolute Gasteiger partial charge is 0.315 e. The third kappa shape index (κ3) is 4.06. The Hall–Kier alpha value is -1.30. The van der Waals surface area contributed by atoms with Crippen LogP contribution in [0.1, 0.15) is 25.7 Å². The summed E-state index contributed by atoms with van der Waals surface area (Å²) >= 11 is 0. The van der Waals surface area contributed by atoms with Crippen LogP contribution >= 0.6 is 0 Å². The van der Waals surface area contributed by atoms with Crippen LogP contribution in [0.4, 0.5) is 4.79 Å². The van der Waals surface area contributed by atoms with E-state index in [0.29, 0.717) is 25.9 Å². The molecule has 1 fully saturated rings. The molecule has 0 aliphatic heterocycles. The Bertz CT molecular complexity index is 258. The third-order valence-electron chi connectivity index (χ3n) is 2.78. The molecule has 0 bridgehead atoms. The van der Waals surface area contributed by atoms with Gasteiger partial charge in [-0.2, -0.15) is 0 Å². The molecule has 2 unspecified atom stereocenters. The molecule has 2 atom stereocenters. The normalized spacial score (nSPS) is 24.1. The summed E-state index contributed by atoms with van der Waals surface area (Å²) < 4.78 is 0. The molecule has 0 radical (unpaired) electrons. The van der Waals surface area contributed by atoms with E-state index in [1.54, 1.807) is 0 Å². The average molecular weight is 229 g/mol. The zero-order valence-corrected chi connectivity index (χ0v) is 9.24. The van der Waals surface area contributed by atoms with E-state index in [1.165, 1.54) is 0 Å². The van der Waals surface area contributed by atoms with Crippen LogP contribution in [0.25, 0.3) is 0 Å². The first kappa shape index (κ1) is 12.8. The zero-order valence-electron chi connectivity index (χ0n) is 9.24. The molecule has 1 aliphatic rings. The van der Waals surface area contributed by atoms with Crippen LogP contribution in [0.15, 0.2) is 0 Å². The van der Waals surface area contributed by atoms with Crippen molar-refractivity contribution in [3.8, 4) is 0 Å². The van der Waals surface area contributed by atoms with Crippen LogP contribution in [-0.2, 0) is 4.79 Å². The van der Waals surface area contributed by atoms with E-state index < -0.39 is 5.97 Å². The summed E-state index contributed by atoms with van der Waals surface area (Å²) in [4.78, 5) is 22.0. The number of carboxylic acid groups (broad SMARTS) is 1. The number of carbonyl (C=O) groups excluding carboxylic acids is 1. The lowest BCUT2D eigenvalue weighted by atomic mass is 10.1. The number of aliphatic carboxylic acids is 1. The summed E-state index contributed by atoms with van der Waals surface area (Å²) in [6, 6.07) is -0.247. The summed E-state index contributed by atoms with van der Waals surface area (Å²) in [6.07, 6.45) is 2.65. The van der Waals surface area contributed by atoms with Crippen LogP contribution in [0.2, 0.25) is 0 Å². The molecule has 1 aliphatic carbocycles. The maximum absolute atomic E-state index is 11.3. The third-order valence-corrected chi connectivity index (χ3v) is 2.78. The monoisotopic (exact) mass is 229 g/mol. The Morgan fingerprint density at radius 2 is 2.12 bits per heavy atom. The number of nitrogens with one attached hydrogen (secondary N) is 2. The van der Waals surface area contributed by atoms with Crippen molar-refractivity contribution in [1.29, 1.82) is 0 Å². The second-order valence-electron chi connectivity index (χ2n) is 4.09. The second-order valence-corrected chi connectivity index (χ2v) is 4.09. The number of hydrogen-bond donors (Lipinski definition) is 4. The van der Waals surface area contributed by atoms with E-state index in [1.807, 2.05) is 0 Å². The number of rotatable bonds is 5. The molecule has 0 aromatic rings. The molecule has 92 valence electrons. The quantitative estimate of drug-likeness (QED) is 0.493. The second kappa shape index (κ2) is 6.32. The topological polar surface area (TPSA) is 104 Å². The molecular weight excluding hydrogens is 210 g/mol. The minimum atomic E-state index is -0.771. The van der Waals surface area contributed by atoms with Gasteiger partial charge >= 0.3 is 12.0 Å². The molecule has 0 aromatic carbocycles. The first-order chi connectivity index (χ1) is 7.63. The van der Waals surface area contributed by atoms with Crippen molar-refractivity contribution in [3.05, 3.63) is 0 Å². The van der Waals surface area contributed by atoms with Gasteiger partial charge in [0, 0.05) is 12.6 Å². The number of nitrogens with two attached hydrogens (primary N) is 1. The van der Waals surface area contributed by atoms with Crippen molar-refractivity contribution in [2.75, 3.05) is 13.1 Å². The fourth-order valence-electron chi connectivity index (χ4n) is 1.88. The Balaban J connectivity index is 2.18. The van der Waals surface area contributed by atoms with Crippen molar-refractivity contribution in [3.63, 3.8) is 0 Å². The van der Waals surface area contributed by atoms with Crippen LogP contribution in [-0.4, -0.2) is 36.2 Å². The number of hydrogen-bond acceptors (Lipinski definition) is 3. The summed E-state index contributed by atoms with van der Waals surface area (Å²) in [5.74, 6) is -1.08. The van der Waals surface area contributed by atoms with Gasteiger partial charge in [-0.25, -0.2) is 4.79 Å². The lowest BCUT2D eigenvalue weighted by molar-refractivity contribution is -0.141. The highest BCUT2D eigenvalue weighted by Crippen LogP contribution is 2.25. The van der Waals surface area contributed by atoms with Gasteiger partial charge in [-0.3, -0.25) is 4.79 Å². The molecule has 6 nitrogen and oxygen atoms in total. The van der Waals surface area contributed by atoms with Gasteiger partial charge in [0.15, 0.2) is 0 Å². The minimum Gasteiger partial charge on any atom is -0.481 e. The highest BCUT2D eigenvalue weighted by atomic mass is 16.4. The molecule has 5 N–H and O–H groups in total. The van der Waals surface area contributed by atoms with Gasteiger partial charge in [-0.1, -0.05) is 0 Å². The van der Waals surface area contributed by atoms with E-state index in [9.17, 15) is 9.59 Å². The predicted octanol–water partition coefficient (Wildman–Crippen LogP) is -0.112. The maximum Gasteiger partial charge on any atom is 0.315 e. The van der Waals surface area contributed by atoms with Gasteiger partial charge in [0.25, 0.3) is 0 Å². The van der Waals surface area contributed by atoms with E-state index in [2.05, 4.69) is 10.6 Å². The molecule has 6 heteroatoms. The first-order valence-electron chi connectivity index (χ1n) is 5.60. The Morgan fingerprint density at radius 3 is 2.69 bits per heavy atom.